The number of hydrogen-bond acceptors (Lipinski definition) is 10. The number of aromatic nitrogens is 3. The Labute approximate surface area is 244 Å². The molecule has 0 atom stereocenters. The summed E-state index contributed by atoms with van der Waals surface area (Å²) in [6, 6.07) is 8.09. The Balaban J connectivity index is 1.15. The number of carbonyl (C=O) groups is 2. The molecule has 0 unspecified atom stereocenters. The van der Waals surface area contributed by atoms with E-state index in [0.717, 1.165) is 59.7 Å². The van der Waals surface area contributed by atoms with E-state index in [-0.39, 0.29) is 6.10 Å². The number of carbonyl (C=O) groups excluding carboxylic acids is 2. The average Bonchev–Trinajstić information content (AvgIpc) is 3.49. The third-order valence-electron chi connectivity index (χ3n) is 8.43. The number of hydrogen-bond donors (Lipinski definition) is 1. The average molecular weight is 576 g/mol. The molecule has 0 radical (unpaired) electrons. The minimum absolute atomic E-state index is 0.0381. The van der Waals surface area contributed by atoms with Crippen molar-refractivity contribution in [2.45, 2.75) is 57.2 Å². The van der Waals surface area contributed by atoms with E-state index in [1.165, 1.54) is 0 Å². The number of rotatable bonds is 7. The molecule has 3 fully saturated rings. The van der Waals surface area contributed by atoms with E-state index in [2.05, 4.69) is 31.0 Å². The molecule has 0 spiro atoms. The number of hydrazine groups is 1. The molecule has 12 heteroatoms. The van der Waals surface area contributed by atoms with Gasteiger partial charge in [-0.2, -0.15) is 0 Å². The SMILES string of the molecule is Cc1cc(N(c2ncnc3cnccc23)N2CCOCC2)ccc1OC1CCN(C(=O)OC2(C(N)=O)CCCC2)CC1. The number of nitrogens with zero attached hydrogens (tertiary/aromatic N) is 6. The smallest absolute Gasteiger partial charge is 0.410 e. The zero-order chi connectivity index (χ0) is 29.1. The first kappa shape index (κ1) is 28.1. The second-order valence-electron chi connectivity index (χ2n) is 11.2. The summed E-state index contributed by atoms with van der Waals surface area (Å²) in [6.45, 7) is 5.76. The van der Waals surface area contributed by atoms with Gasteiger partial charge in [-0.3, -0.25) is 14.8 Å². The first-order chi connectivity index (χ1) is 20.4. The van der Waals surface area contributed by atoms with E-state index < -0.39 is 17.6 Å². The molecule has 1 aromatic carbocycles. The molecule has 4 heterocycles. The van der Waals surface area contributed by atoms with E-state index in [4.69, 9.17) is 19.9 Å². The Bertz CT molecular complexity index is 1430. The predicted molar refractivity (Wildman–Crippen MR) is 155 cm³/mol. The molecule has 1 saturated carbocycles. The van der Waals surface area contributed by atoms with Gasteiger partial charge in [0.15, 0.2) is 11.4 Å². The van der Waals surface area contributed by atoms with Gasteiger partial charge in [-0.05, 0) is 62.4 Å². The van der Waals surface area contributed by atoms with Crippen LogP contribution in [0.4, 0.5) is 16.3 Å². The van der Waals surface area contributed by atoms with E-state index in [9.17, 15) is 9.59 Å². The van der Waals surface area contributed by atoms with Crippen LogP contribution < -0.4 is 15.5 Å². The number of morpholine rings is 1. The summed E-state index contributed by atoms with van der Waals surface area (Å²) >= 11 is 0. The van der Waals surface area contributed by atoms with Gasteiger partial charge in [-0.1, -0.05) is 0 Å². The van der Waals surface area contributed by atoms with Crippen LogP contribution in [0.25, 0.3) is 10.9 Å². The zero-order valence-corrected chi connectivity index (χ0v) is 23.9. The molecule has 2 aromatic heterocycles. The summed E-state index contributed by atoms with van der Waals surface area (Å²) in [5.41, 5.74) is 7.17. The van der Waals surface area contributed by atoms with Crippen molar-refractivity contribution in [2.75, 3.05) is 44.4 Å². The minimum atomic E-state index is -1.16. The maximum atomic E-state index is 12.8. The highest BCUT2D eigenvalue weighted by atomic mass is 16.6. The van der Waals surface area contributed by atoms with Crippen molar-refractivity contribution in [2.24, 2.45) is 5.73 Å². The van der Waals surface area contributed by atoms with Gasteiger partial charge < -0.3 is 24.8 Å². The van der Waals surface area contributed by atoms with E-state index in [0.29, 0.717) is 52.0 Å². The lowest BCUT2D eigenvalue weighted by Gasteiger charge is -2.38. The molecule has 12 nitrogen and oxygen atoms in total. The summed E-state index contributed by atoms with van der Waals surface area (Å²) in [7, 11) is 0. The molecule has 2 amide bonds. The van der Waals surface area contributed by atoms with Crippen LogP contribution in [0.5, 0.6) is 5.75 Å². The van der Waals surface area contributed by atoms with Gasteiger partial charge in [0.1, 0.15) is 18.2 Å². The van der Waals surface area contributed by atoms with Gasteiger partial charge in [0, 0.05) is 50.6 Å². The van der Waals surface area contributed by atoms with E-state index >= 15 is 0 Å². The molecule has 3 aromatic rings. The Morgan fingerprint density at radius 3 is 2.55 bits per heavy atom. The third-order valence-corrected chi connectivity index (χ3v) is 8.43. The Kier molecular flexibility index (Phi) is 8.07. The van der Waals surface area contributed by atoms with Crippen molar-refractivity contribution >= 4 is 34.4 Å². The van der Waals surface area contributed by atoms with E-state index in [1.54, 1.807) is 23.6 Å². The summed E-state index contributed by atoms with van der Waals surface area (Å²) in [6.07, 6.45) is 8.56. The molecular weight excluding hydrogens is 538 g/mol. The molecule has 2 N–H and O–H groups in total. The first-order valence-electron chi connectivity index (χ1n) is 14.7. The lowest BCUT2D eigenvalue weighted by molar-refractivity contribution is -0.137. The summed E-state index contributed by atoms with van der Waals surface area (Å²) in [5.74, 6) is 1.03. The van der Waals surface area contributed by atoms with Crippen molar-refractivity contribution < 1.29 is 23.8 Å². The highest BCUT2D eigenvalue weighted by Crippen LogP contribution is 2.36. The highest BCUT2D eigenvalue weighted by molar-refractivity contribution is 5.90. The zero-order valence-electron chi connectivity index (χ0n) is 23.9. The van der Waals surface area contributed by atoms with Gasteiger partial charge in [0.05, 0.1) is 30.6 Å². The molecular formula is C30H37N7O5. The fourth-order valence-electron chi connectivity index (χ4n) is 6.05. The molecule has 2 saturated heterocycles. The lowest BCUT2D eigenvalue weighted by Crippen LogP contribution is -2.50. The molecule has 0 bridgehead atoms. The summed E-state index contributed by atoms with van der Waals surface area (Å²) < 4.78 is 17.7. The highest BCUT2D eigenvalue weighted by Gasteiger charge is 2.44. The number of pyridine rings is 1. The topological polar surface area (TPSA) is 136 Å². The molecule has 6 rings (SSSR count). The monoisotopic (exact) mass is 575 g/mol. The van der Waals surface area contributed by atoms with Crippen LogP contribution in [0.1, 0.15) is 44.1 Å². The maximum Gasteiger partial charge on any atom is 0.410 e. The summed E-state index contributed by atoms with van der Waals surface area (Å²) in [5, 5.41) is 5.29. The standard InChI is InChI=1S/C30H37N7O5/c1-21-18-22(37(36-14-16-40-17-15-36)27-24-6-11-32-19-25(24)33-20-34-27)4-5-26(21)41-23-7-12-35(13-8-23)29(39)42-30(28(31)38)9-2-3-10-30/h4-6,11,18-20,23H,2-3,7-10,12-17H2,1H3,(H2,31,38). The number of fused-ring (bicyclic) bond motifs is 1. The number of primary amides is 1. The quantitative estimate of drug-likeness (QED) is 0.446. The number of benzene rings is 1. The molecule has 1 aliphatic carbocycles. The second-order valence-corrected chi connectivity index (χ2v) is 11.2. The van der Waals surface area contributed by atoms with Crippen LogP contribution in [-0.4, -0.2) is 88.0 Å². The Morgan fingerprint density at radius 2 is 1.83 bits per heavy atom. The Hall–Kier alpha value is -4.03. The maximum absolute atomic E-state index is 12.8. The Morgan fingerprint density at radius 1 is 1.07 bits per heavy atom. The van der Waals surface area contributed by atoms with Crippen molar-refractivity contribution in [1.29, 1.82) is 0 Å². The second kappa shape index (κ2) is 12.1. The number of amides is 2. The molecule has 222 valence electrons. The summed E-state index contributed by atoms with van der Waals surface area (Å²) in [4.78, 5) is 39.8. The van der Waals surface area contributed by atoms with Crippen molar-refractivity contribution in [3.05, 3.63) is 48.5 Å². The molecule has 2 aliphatic heterocycles. The van der Waals surface area contributed by atoms with Crippen LogP contribution >= 0.6 is 0 Å². The number of anilines is 2. The van der Waals surface area contributed by atoms with Crippen LogP contribution in [0.3, 0.4) is 0 Å². The largest absolute Gasteiger partial charge is 0.490 e. The van der Waals surface area contributed by atoms with Crippen molar-refractivity contribution in [3.8, 4) is 5.75 Å². The number of likely N-dealkylation sites (tertiary alicyclic amines) is 1. The third kappa shape index (κ3) is 5.68. The predicted octanol–water partition coefficient (Wildman–Crippen LogP) is 3.50. The van der Waals surface area contributed by atoms with Crippen LogP contribution in [0.2, 0.25) is 0 Å². The van der Waals surface area contributed by atoms with Gasteiger partial charge >= 0.3 is 6.09 Å². The van der Waals surface area contributed by atoms with E-state index in [1.807, 2.05) is 25.1 Å². The molecule has 42 heavy (non-hydrogen) atoms. The van der Waals surface area contributed by atoms with Gasteiger partial charge in [-0.15, -0.1) is 0 Å². The first-order valence-corrected chi connectivity index (χ1v) is 14.7. The van der Waals surface area contributed by atoms with Gasteiger partial charge in [0.25, 0.3) is 5.91 Å². The van der Waals surface area contributed by atoms with Crippen molar-refractivity contribution in [3.63, 3.8) is 0 Å². The minimum Gasteiger partial charge on any atom is -0.490 e. The van der Waals surface area contributed by atoms with Crippen molar-refractivity contribution in [1.82, 2.24) is 24.9 Å². The van der Waals surface area contributed by atoms with Gasteiger partial charge in [0.2, 0.25) is 0 Å². The number of aryl methyl sites for hydroxylation is 1. The van der Waals surface area contributed by atoms with Crippen LogP contribution in [-0.2, 0) is 14.3 Å². The number of piperidine rings is 1. The van der Waals surface area contributed by atoms with Crippen LogP contribution in [0, 0.1) is 6.92 Å². The fraction of sp³-hybridized carbons (Fsp3) is 0.500. The van der Waals surface area contributed by atoms with Crippen LogP contribution in [0.15, 0.2) is 43.0 Å². The molecule has 3 aliphatic rings. The van der Waals surface area contributed by atoms with Gasteiger partial charge in [-0.25, -0.2) is 19.8 Å². The normalized spacial score (nSPS) is 19.5. The number of nitrogens with two attached hydrogens (primary N) is 1. The number of ether oxygens (including phenoxy) is 3. The fourth-order valence-corrected chi connectivity index (χ4v) is 6.05. The lowest BCUT2D eigenvalue weighted by atomic mass is 10.0.